The molecule has 1 aliphatic rings. The third-order valence-corrected chi connectivity index (χ3v) is 8.37. The van der Waals surface area contributed by atoms with Crippen LogP contribution in [0.1, 0.15) is 46.0 Å². The van der Waals surface area contributed by atoms with E-state index < -0.39 is 20.7 Å². The molecule has 1 aromatic heterocycles. The molecule has 1 saturated carbocycles. The highest BCUT2D eigenvalue weighted by molar-refractivity contribution is 7.93. The number of benzene rings is 1. The first-order chi connectivity index (χ1) is 15.5. The molecule has 2 atom stereocenters. The number of nitrogens with two attached hydrogens (primary N) is 2. The van der Waals surface area contributed by atoms with E-state index in [0.29, 0.717) is 24.7 Å². The van der Waals surface area contributed by atoms with Gasteiger partial charge in [-0.3, -0.25) is 4.72 Å². The lowest BCUT2D eigenvalue weighted by atomic mass is 9.76. The Hall–Kier alpha value is -1.53. The van der Waals surface area contributed by atoms with Crippen molar-refractivity contribution >= 4 is 44.0 Å². The van der Waals surface area contributed by atoms with E-state index in [9.17, 15) is 12.8 Å². The van der Waals surface area contributed by atoms with Gasteiger partial charge in [-0.05, 0) is 55.2 Å². The molecule has 33 heavy (non-hydrogen) atoms. The first-order valence-electron chi connectivity index (χ1n) is 11.0. The Morgan fingerprint density at radius 2 is 2.09 bits per heavy atom. The van der Waals surface area contributed by atoms with Crippen molar-refractivity contribution in [2.75, 3.05) is 23.1 Å². The second-order valence-electron chi connectivity index (χ2n) is 9.51. The molecule has 0 saturated heterocycles. The van der Waals surface area contributed by atoms with E-state index in [1.807, 2.05) is 0 Å². The molecule has 2 unspecified atom stereocenters. The van der Waals surface area contributed by atoms with E-state index in [2.05, 4.69) is 33.2 Å². The SMILES string of the molecule is CC(C)(CCN)CC(CNc1cc(F)c(S(=O)(=O)Nc2ncns2)cc1Cl)C(N)CC1CC1. The van der Waals surface area contributed by atoms with E-state index in [4.69, 9.17) is 23.1 Å². The third-order valence-electron chi connectivity index (χ3n) is 5.99. The molecule has 6 N–H and O–H groups in total. The summed E-state index contributed by atoms with van der Waals surface area (Å²) >= 11 is 7.18. The summed E-state index contributed by atoms with van der Waals surface area (Å²) in [6, 6.07) is 2.20. The van der Waals surface area contributed by atoms with E-state index in [0.717, 1.165) is 42.9 Å². The largest absolute Gasteiger partial charge is 0.383 e. The summed E-state index contributed by atoms with van der Waals surface area (Å²) in [7, 11) is -4.20. The van der Waals surface area contributed by atoms with Gasteiger partial charge in [0.05, 0.1) is 10.7 Å². The molecule has 0 spiro atoms. The molecule has 1 heterocycles. The summed E-state index contributed by atoms with van der Waals surface area (Å²) in [6.45, 7) is 5.45. The number of hydrogen-bond donors (Lipinski definition) is 4. The third kappa shape index (κ3) is 7.48. The Balaban J connectivity index is 1.74. The highest BCUT2D eigenvalue weighted by Crippen LogP contribution is 2.38. The molecule has 0 aliphatic heterocycles. The van der Waals surface area contributed by atoms with Crippen molar-refractivity contribution in [3.8, 4) is 0 Å². The zero-order valence-electron chi connectivity index (χ0n) is 18.9. The summed E-state index contributed by atoms with van der Waals surface area (Å²) < 4.78 is 45.8. The molecular formula is C21H32ClFN6O2S2. The number of rotatable bonds is 13. The Bertz CT molecular complexity index is 1030. The van der Waals surface area contributed by atoms with Crippen molar-refractivity contribution < 1.29 is 12.8 Å². The van der Waals surface area contributed by atoms with Crippen LogP contribution in [0.4, 0.5) is 15.2 Å². The predicted molar refractivity (Wildman–Crippen MR) is 131 cm³/mol. The number of sulfonamides is 1. The smallest absolute Gasteiger partial charge is 0.266 e. The van der Waals surface area contributed by atoms with Crippen LogP contribution in [0, 0.1) is 23.1 Å². The molecule has 8 nitrogen and oxygen atoms in total. The Kier molecular flexibility index (Phi) is 8.55. The molecule has 2 aromatic rings. The Morgan fingerprint density at radius 1 is 1.36 bits per heavy atom. The molecule has 0 bridgehead atoms. The summed E-state index contributed by atoms with van der Waals surface area (Å²) in [6.07, 6.45) is 6.35. The van der Waals surface area contributed by atoms with Crippen LogP contribution >= 0.6 is 23.1 Å². The maximum atomic E-state index is 14.8. The van der Waals surface area contributed by atoms with Crippen molar-refractivity contribution in [1.29, 1.82) is 0 Å². The highest BCUT2D eigenvalue weighted by atomic mass is 35.5. The normalized spacial score (nSPS) is 16.4. The molecule has 1 aliphatic carbocycles. The van der Waals surface area contributed by atoms with Gasteiger partial charge in [0.15, 0.2) is 0 Å². The van der Waals surface area contributed by atoms with Crippen LogP contribution in [0.25, 0.3) is 0 Å². The van der Waals surface area contributed by atoms with Crippen molar-refractivity contribution in [2.24, 2.45) is 28.7 Å². The monoisotopic (exact) mass is 518 g/mol. The minimum absolute atomic E-state index is 0.00132. The van der Waals surface area contributed by atoms with Gasteiger partial charge in [-0.2, -0.15) is 4.37 Å². The van der Waals surface area contributed by atoms with Gasteiger partial charge < -0.3 is 16.8 Å². The van der Waals surface area contributed by atoms with Gasteiger partial charge in [0.1, 0.15) is 17.0 Å². The number of anilines is 2. The molecule has 12 heteroatoms. The molecule has 0 radical (unpaired) electrons. The van der Waals surface area contributed by atoms with Crippen LogP contribution < -0.4 is 21.5 Å². The Labute approximate surface area is 203 Å². The second kappa shape index (κ2) is 10.8. The first-order valence-corrected chi connectivity index (χ1v) is 13.6. The number of nitrogens with one attached hydrogen (secondary N) is 2. The minimum atomic E-state index is -4.20. The number of halogens is 2. The lowest BCUT2D eigenvalue weighted by Crippen LogP contribution is -2.38. The minimum Gasteiger partial charge on any atom is -0.383 e. The van der Waals surface area contributed by atoms with Crippen LogP contribution in [0.3, 0.4) is 0 Å². The number of hydrogen-bond acceptors (Lipinski definition) is 8. The zero-order valence-corrected chi connectivity index (χ0v) is 21.2. The fraction of sp³-hybridized carbons (Fsp3) is 0.619. The molecule has 1 fully saturated rings. The number of nitrogens with zero attached hydrogens (tertiary/aromatic N) is 2. The predicted octanol–water partition coefficient (Wildman–Crippen LogP) is 4.05. The summed E-state index contributed by atoms with van der Waals surface area (Å²) in [5, 5.41) is 3.34. The van der Waals surface area contributed by atoms with Crippen LogP contribution in [0.2, 0.25) is 5.02 Å². The molecule has 184 valence electrons. The van der Waals surface area contributed by atoms with Gasteiger partial charge in [0.2, 0.25) is 5.13 Å². The fourth-order valence-electron chi connectivity index (χ4n) is 4.01. The van der Waals surface area contributed by atoms with Gasteiger partial charge >= 0.3 is 0 Å². The molecule has 0 amide bonds. The van der Waals surface area contributed by atoms with E-state index >= 15 is 0 Å². The van der Waals surface area contributed by atoms with Crippen molar-refractivity contribution in [1.82, 2.24) is 9.36 Å². The zero-order chi connectivity index (χ0) is 24.2. The lowest BCUT2D eigenvalue weighted by molar-refractivity contribution is 0.228. The van der Waals surface area contributed by atoms with Gasteiger partial charge in [-0.15, -0.1) is 0 Å². The number of aromatic nitrogens is 2. The molecule has 3 rings (SSSR count). The standard InChI is InChI=1S/C21H32ClFN6O2S2/c1-21(2,5-6-24)10-14(17(25)7-13-3-4-13)11-26-18-9-16(23)19(8-15(18)22)33(30,31)29-20-27-12-28-32-20/h8-9,12-14,17,26H,3-7,10-11,24-25H2,1-2H3,(H,27,28,29). The van der Waals surface area contributed by atoms with E-state index in [1.165, 1.54) is 19.2 Å². The second-order valence-corrected chi connectivity index (χ2v) is 12.3. The summed E-state index contributed by atoms with van der Waals surface area (Å²) in [4.78, 5) is 3.20. The van der Waals surface area contributed by atoms with Crippen LogP contribution in [-0.4, -0.2) is 36.9 Å². The first kappa shape index (κ1) is 26.1. The Morgan fingerprint density at radius 3 is 2.70 bits per heavy atom. The molecular weight excluding hydrogens is 487 g/mol. The summed E-state index contributed by atoms with van der Waals surface area (Å²) in [5.41, 5.74) is 12.7. The van der Waals surface area contributed by atoms with Crippen molar-refractivity contribution in [2.45, 2.75) is 56.9 Å². The van der Waals surface area contributed by atoms with Crippen LogP contribution in [0.15, 0.2) is 23.4 Å². The van der Waals surface area contributed by atoms with Crippen molar-refractivity contribution in [3.63, 3.8) is 0 Å². The maximum Gasteiger partial charge on any atom is 0.266 e. The van der Waals surface area contributed by atoms with Crippen LogP contribution in [0.5, 0.6) is 0 Å². The summed E-state index contributed by atoms with van der Waals surface area (Å²) in [5.74, 6) is -0.0962. The van der Waals surface area contributed by atoms with Gasteiger partial charge in [-0.1, -0.05) is 38.3 Å². The topological polar surface area (TPSA) is 136 Å². The lowest BCUT2D eigenvalue weighted by Gasteiger charge is -2.33. The highest BCUT2D eigenvalue weighted by Gasteiger charge is 2.31. The van der Waals surface area contributed by atoms with E-state index in [-0.39, 0.29) is 27.5 Å². The quantitative estimate of drug-likeness (QED) is 0.314. The van der Waals surface area contributed by atoms with Gasteiger partial charge in [-0.25, -0.2) is 17.8 Å². The van der Waals surface area contributed by atoms with Crippen LogP contribution in [-0.2, 0) is 10.0 Å². The van der Waals surface area contributed by atoms with Crippen molar-refractivity contribution in [3.05, 3.63) is 29.3 Å². The maximum absolute atomic E-state index is 14.8. The average Bonchev–Trinajstić information content (AvgIpc) is 3.39. The van der Waals surface area contributed by atoms with E-state index in [1.54, 1.807) is 0 Å². The fourth-order valence-corrected chi connectivity index (χ4v) is 6.05. The van der Waals surface area contributed by atoms with Gasteiger partial charge in [0, 0.05) is 24.1 Å². The van der Waals surface area contributed by atoms with Gasteiger partial charge in [0.25, 0.3) is 10.0 Å². The average molecular weight is 519 g/mol. The molecule has 1 aromatic carbocycles.